The number of carbonyl (C=O) groups is 1. The quantitative estimate of drug-likeness (QED) is 0.444. The van der Waals surface area contributed by atoms with E-state index in [0.717, 1.165) is 44.7 Å². The Labute approximate surface area is 168 Å². The predicted molar refractivity (Wildman–Crippen MR) is 110 cm³/mol. The molecule has 9 heteroatoms. The zero-order chi connectivity index (χ0) is 19.1. The lowest BCUT2D eigenvalue weighted by Gasteiger charge is -2.03. The number of thioether (sulfide) groups is 1. The smallest absolute Gasteiger partial charge is 0.236 e. The lowest BCUT2D eigenvalue weighted by Crippen LogP contribution is -2.14. The first-order valence-electron chi connectivity index (χ1n) is 8.75. The van der Waals surface area contributed by atoms with E-state index in [9.17, 15) is 4.79 Å². The zero-order valence-electron chi connectivity index (χ0n) is 14.8. The number of fused-ring (bicyclic) bond motifs is 3. The van der Waals surface area contributed by atoms with Crippen molar-refractivity contribution in [1.29, 1.82) is 0 Å². The van der Waals surface area contributed by atoms with Crippen LogP contribution in [0.4, 0.5) is 5.13 Å². The van der Waals surface area contributed by atoms with Crippen LogP contribution in [0.25, 0.3) is 33.3 Å². The molecular weight excluding hydrogens is 392 g/mol. The molecule has 0 spiro atoms. The maximum absolute atomic E-state index is 12.2. The Morgan fingerprint density at radius 3 is 2.57 bits per heavy atom. The van der Waals surface area contributed by atoms with Crippen LogP contribution in [-0.4, -0.2) is 37.0 Å². The number of rotatable bonds is 5. The van der Waals surface area contributed by atoms with Crippen LogP contribution in [-0.2, 0) is 11.2 Å². The minimum absolute atomic E-state index is 0.168. The van der Waals surface area contributed by atoms with E-state index in [0.29, 0.717) is 10.3 Å². The molecule has 2 aromatic heterocycles. The summed E-state index contributed by atoms with van der Waals surface area (Å²) in [7, 11) is 0. The molecule has 138 valence electrons. The average molecular weight is 406 g/mol. The Morgan fingerprint density at radius 2 is 1.82 bits per heavy atom. The second kappa shape index (κ2) is 6.92. The highest BCUT2D eigenvalue weighted by atomic mass is 32.2. The molecule has 0 bridgehead atoms. The van der Waals surface area contributed by atoms with Crippen molar-refractivity contribution in [2.75, 3.05) is 11.1 Å². The minimum Gasteiger partial charge on any atom is -0.300 e. The summed E-state index contributed by atoms with van der Waals surface area (Å²) in [6.07, 6.45) is 0.798. The number of aromatic nitrogens is 5. The van der Waals surface area contributed by atoms with E-state index < -0.39 is 0 Å². The molecule has 0 atom stereocenters. The third kappa shape index (κ3) is 2.92. The van der Waals surface area contributed by atoms with Crippen LogP contribution in [0.1, 0.15) is 11.9 Å². The molecule has 2 heterocycles. The standard InChI is InChI=1S/C19H14N6OS2/c1-2-14-22-25-19(28-14)20-13(26)9-27-18-21-16-11-7-3-5-10-6-4-8-12(15(10)11)17(16)23-24-18/h3-8H,2,9H2,1H3,(H,20,25,26). The Balaban J connectivity index is 1.35. The van der Waals surface area contributed by atoms with Crippen molar-refractivity contribution in [3.8, 4) is 22.5 Å². The van der Waals surface area contributed by atoms with Crippen LogP contribution >= 0.6 is 23.1 Å². The van der Waals surface area contributed by atoms with Gasteiger partial charge in [-0.05, 0) is 11.8 Å². The van der Waals surface area contributed by atoms with Crippen molar-refractivity contribution in [2.24, 2.45) is 0 Å². The second-order valence-corrected chi connectivity index (χ2v) is 8.20. The van der Waals surface area contributed by atoms with Gasteiger partial charge in [-0.15, -0.1) is 20.4 Å². The summed E-state index contributed by atoms with van der Waals surface area (Å²) in [5.41, 5.74) is 3.73. The van der Waals surface area contributed by atoms with Gasteiger partial charge in [0.25, 0.3) is 0 Å². The van der Waals surface area contributed by atoms with Crippen LogP contribution in [0.2, 0.25) is 0 Å². The fraction of sp³-hybridized carbons (Fsp3) is 0.158. The molecule has 1 N–H and O–H groups in total. The van der Waals surface area contributed by atoms with Gasteiger partial charge in [-0.1, -0.05) is 66.4 Å². The largest absolute Gasteiger partial charge is 0.300 e. The molecule has 0 saturated heterocycles. The monoisotopic (exact) mass is 406 g/mol. The molecule has 0 saturated carbocycles. The maximum atomic E-state index is 12.2. The van der Waals surface area contributed by atoms with Gasteiger partial charge in [0.05, 0.1) is 5.75 Å². The van der Waals surface area contributed by atoms with E-state index in [1.807, 2.05) is 31.2 Å². The van der Waals surface area contributed by atoms with Crippen molar-refractivity contribution in [1.82, 2.24) is 25.4 Å². The lowest BCUT2D eigenvalue weighted by molar-refractivity contribution is -0.113. The highest BCUT2D eigenvalue weighted by molar-refractivity contribution is 7.99. The molecule has 28 heavy (non-hydrogen) atoms. The van der Waals surface area contributed by atoms with Crippen LogP contribution < -0.4 is 5.32 Å². The highest BCUT2D eigenvalue weighted by Gasteiger charge is 2.25. The average Bonchev–Trinajstić information content (AvgIpc) is 3.31. The van der Waals surface area contributed by atoms with Crippen LogP contribution in [0.3, 0.4) is 0 Å². The Bertz CT molecular complexity index is 1220. The summed E-state index contributed by atoms with van der Waals surface area (Å²) in [6, 6.07) is 12.3. The topological polar surface area (TPSA) is 93.6 Å². The van der Waals surface area contributed by atoms with Crippen LogP contribution in [0, 0.1) is 0 Å². The van der Waals surface area contributed by atoms with E-state index in [1.54, 1.807) is 0 Å². The van der Waals surface area contributed by atoms with Crippen LogP contribution in [0.15, 0.2) is 41.6 Å². The minimum atomic E-state index is -0.168. The molecule has 1 aliphatic rings. The molecule has 0 fully saturated rings. The summed E-state index contributed by atoms with van der Waals surface area (Å²) in [5, 5.41) is 23.5. The third-order valence-corrected chi connectivity index (χ3v) is 6.25. The number of amides is 1. The summed E-state index contributed by atoms with van der Waals surface area (Å²) in [4.78, 5) is 16.9. The van der Waals surface area contributed by atoms with E-state index in [4.69, 9.17) is 0 Å². The number of hydrogen-bond donors (Lipinski definition) is 1. The van der Waals surface area contributed by atoms with Crippen molar-refractivity contribution in [2.45, 2.75) is 18.5 Å². The Kier molecular flexibility index (Phi) is 4.25. The first-order valence-corrected chi connectivity index (χ1v) is 10.6. The van der Waals surface area contributed by atoms with Crippen molar-refractivity contribution >= 4 is 44.9 Å². The van der Waals surface area contributed by atoms with Gasteiger partial charge in [0.1, 0.15) is 16.4 Å². The first-order chi connectivity index (χ1) is 13.7. The molecule has 0 unspecified atom stereocenters. The summed E-state index contributed by atoms with van der Waals surface area (Å²) in [5.74, 6) is 0.0110. The number of nitrogens with zero attached hydrogens (tertiary/aromatic N) is 5. The Morgan fingerprint density at radius 1 is 1.04 bits per heavy atom. The molecule has 7 nitrogen and oxygen atoms in total. The van der Waals surface area contributed by atoms with Crippen LogP contribution in [0.5, 0.6) is 0 Å². The van der Waals surface area contributed by atoms with E-state index in [-0.39, 0.29) is 11.7 Å². The van der Waals surface area contributed by atoms with Gasteiger partial charge in [0, 0.05) is 16.5 Å². The molecule has 0 aliphatic heterocycles. The number of anilines is 1. The van der Waals surface area contributed by atoms with Gasteiger partial charge < -0.3 is 0 Å². The van der Waals surface area contributed by atoms with Gasteiger partial charge in [0.2, 0.25) is 16.2 Å². The molecule has 5 rings (SSSR count). The predicted octanol–water partition coefficient (Wildman–Crippen LogP) is 3.82. The fourth-order valence-electron chi connectivity index (χ4n) is 3.21. The number of hydrogen-bond acceptors (Lipinski definition) is 8. The fourth-order valence-corrected chi connectivity index (χ4v) is 4.49. The summed E-state index contributed by atoms with van der Waals surface area (Å²) in [6.45, 7) is 2.00. The second-order valence-electron chi connectivity index (χ2n) is 6.19. The van der Waals surface area contributed by atoms with Gasteiger partial charge in [0.15, 0.2) is 0 Å². The van der Waals surface area contributed by atoms with Gasteiger partial charge in [-0.2, -0.15) is 0 Å². The Hall–Kier alpha value is -2.91. The van der Waals surface area contributed by atoms with Gasteiger partial charge in [-0.3, -0.25) is 10.1 Å². The molecule has 1 aliphatic carbocycles. The molecular formula is C19H14N6OS2. The van der Waals surface area contributed by atoms with Crippen molar-refractivity contribution in [3.63, 3.8) is 0 Å². The zero-order valence-corrected chi connectivity index (χ0v) is 16.5. The van der Waals surface area contributed by atoms with Gasteiger partial charge in [-0.25, -0.2) is 4.98 Å². The lowest BCUT2D eigenvalue weighted by atomic mass is 10.0. The molecule has 0 radical (unpaired) electrons. The number of nitrogens with one attached hydrogen (secondary N) is 1. The molecule has 1 amide bonds. The SMILES string of the molecule is CCc1nnc(NC(=O)CSc2nnc3c(n2)-c2cccc4cccc-3c24)s1. The first kappa shape index (κ1) is 17.2. The highest BCUT2D eigenvalue weighted by Crippen LogP contribution is 2.44. The maximum Gasteiger partial charge on any atom is 0.236 e. The summed E-state index contributed by atoms with van der Waals surface area (Å²) < 4.78 is 0. The van der Waals surface area contributed by atoms with Crippen molar-refractivity contribution in [3.05, 3.63) is 41.4 Å². The van der Waals surface area contributed by atoms with E-state index in [1.165, 1.54) is 23.1 Å². The number of benzene rings is 2. The number of aryl methyl sites for hydroxylation is 1. The molecule has 2 aromatic carbocycles. The molecule has 4 aromatic rings. The summed E-state index contributed by atoms with van der Waals surface area (Å²) >= 11 is 2.64. The normalized spacial score (nSPS) is 11.6. The number of carbonyl (C=O) groups excluding carboxylic acids is 1. The van der Waals surface area contributed by atoms with E-state index >= 15 is 0 Å². The van der Waals surface area contributed by atoms with Gasteiger partial charge >= 0.3 is 0 Å². The van der Waals surface area contributed by atoms with E-state index in [2.05, 4.69) is 42.8 Å². The third-order valence-electron chi connectivity index (χ3n) is 4.43. The van der Waals surface area contributed by atoms with Crippen molar-refractivity contribution < 1.29 is 4.79 Å².